The maximum absolute atomic E-state index is 13.2. The van der Waals surface area contributed by atoms with Gasteiger partial charge in [-0.25, -0.2) is 4.79 Å². The molecule has 0 aliphatic carbocycles. The number of amides is 2. The average molecular weight is 388 g/mol. The topological polar surface area (TPSA) is 95.9 Å². The molecule has 2 fully saturated rings. The van der Waals surface area contributed by atoms with Crippen LogP contribution >= 0.6 is 0 Å². The highest BCUT2D eigenvalue weighted by Crippen LogP contribution is 2.43. The number of piperidine rings is 1. The lowest BCUT2D eigenvalue weighted by Gasteiger charge is -2.37. The Morgan fingerprint density at radius 3 is 2.57 bits per heavy atom. The molecule has 28 heavy (non-hydrogen) atoms. The maximum atomic E-state index is 13.2. The molecule has 2 saturated heterocycles. The zero-order valence-electron chi connectivity index (χ0n) is 16.6. The number of carbonyl (C=O) groups excluding carboxylic acids is 2. The molecule has 0 spiro atoms. The molecule has 3 rings (SSSR count). The Morgan fingerprint density at radius 1 is 1.29 bits per heavy atom. The minimum Gasteiger partial charge on any atom is -0.480 e. The summed E-state index contributed by atoms with van der Waals surface area (Å²) in [6.45, 7) is 5.87. The first kappa shape index (κ1) is 20.2. The van der Waals surface area contributed by atoms with Gasteiger partial charge in [0.05, 0.1) is 12.1 Å². The molecule has 2 N–H and O–H groups in total. The lowest BCUT2D eigenvalue weighted by molar-refractivity contribution is -0.156. The summed E-state index contributed by atoms with van der Waals surface area (Å²) >= 11 is 0. The van der Waals surface area contributed by atoms with Crippen LogP contribution < -0.4 is 5.32 Å². The van der Waals surface area contributed by atoms with Gasteiger partial charge < -0.3 is 20.1 Å². The summed E-state index contributed by atoms with van der Waals surface area (Å²) in [5, 5.41) is 12.9. The summed E-state index contributed by atoms with van der Waals surface area (Å²) in [5.74, 6) is -1.46. The van der Waals surface area contributed by atoms with Crippen LogP contribution in [0.15, 0.2) is 30.3 Å². The lowest BCUT2D eigenvalue weighted by Crippen LogP contribution is -2.54. The molecule has 2 aliphatic heterocycles. The molecule has 0 aromatic heterocycles. The normalized spacial score (nSPS) is 27.2. The third-order valence-corrected chi connectivity index (χ3v) is 5.47. The molecule has 0 bridgehead atoms. The largest absolute Gasteiger partial charge is 0.480 e. The number of benzene rings is 1. The van der Waals surface area contributed by atoms with Gasteiger partial charge in [0, 0.05) is 6.54 Å². The second-order valence-electron chi connectivity index (χ2n) is 8.71. The first-order valence-electron chi connectivity index (χ1n) is 9.70. The molecule has 2 amide bonds. The van der Waals surface area contributed by atoms with Crippen molar-refractivity contribution in [1.82, 2.24) is 10.2 Å². The molecular formula is C21H28N2O5. The third-order valence-electron chi connectivity index (χ3n) is 5.47. The molecule has 0 saturated carbocycles. The quantitative estimate of drug-likeness (QED) is 0.773. The molecule has 7 nitrogen and oxygen atoms in total. The van der Waals surface area contributed by atoms with E-state index in [1.54, 1.807) is 25.7 Å². The van der Waals surface area contributed by atoms with Crippen LogP contribution in [0.1, 0.15) is 45.6 Å². The van der Waals surface area contributed by atoms with Gasteiger partial charge in [-0.15, -0.1) is 0 Å². The lowest BCUT2D eigenvalue weighted by atomic mass is 9.78. The Kier molecular flexibility index (Phi) is 5.37. The molecule has 2 aliphatic rings. The van der Waals surface area contributed by atoms with Crippen LogP contribution in [0.2, 0.25) is 0 Å². The number of alkyl carbamates (subject to hydrolysis) is 1. The van der Waals surface area contributed by atoms with Gasteiger partial charge in [-0.05, 0) is 52.0 Å². The second kappa shape index (κ2) is 7.45. The van der Waals surface area contributed by atoms with Gasteiger partial charge in [0.15, 0.2) is 5.41 Å². The van der Waals surface area contributed by atoms with Gasteiger partial charge in [-0.1, -0.05) is 30.3 Å². The van der Waals surface area contributed by atoms with E-state index in [9.17, 15) is 19.5 Å². The third kappa shape index (κ3) is 3.98. The van der Waals surface area contributed by atoms with Crippen LogP contribution in [0.25, 0.3) is 0 Å². The predicted molar refractivity (Wildman–Crippen MR) is 103 cm³/mol. The van der Waals surface area contributed by atoms with E-state index in [2.05, 4.69) is 5.32 Å². The van der Waals surface area contributed by atoms with Gasteiger partial charge in [0.2, 0.25) is 5.91 Å². The van der Waals surface area contributed by atoms with E-state index in [1.807, 2.05) is 30.3 Å². The SMILES string of the molecule is CC(C)(C)OC(=O)NC1CCCN2C(=O)C(Cc3ccccc3)(C(=O)O)CC12. The standard InChI is InChI=1S/C21H28N2O5/c1-20(2,3)28-19(27)22-15-10-7-11-23-16(15)13-21(17(23)24,18(25)26)12-14-8-5-4-6-9-14/h4-6,8-9,15-16H,7,10-13H2,1-3H3,(H,22,27)(H,25,26). The Bertz CT molecular complexity index is 758. The van der Waals surface area contributed by atoms with Crippen molar-refractivity contribution in [2.45, 2.75) is 64.1 Å². The van der Waals surface area contributed by atoms with Gasteiger partial charge in [0.1, 0.15) is 5.60 Å². The zero-order valence-corrected chi connectivity index (χ0v) is 16.6. The van der Waals surface area contributed by atoms with Crippen molar-refractivity contribution < 1.29 is 24.2 Å². The highest BCUT2D eigenvalue weighted by molar-refractivity contribution is 6.04. The van der Waals surface area contributed by atoms with Crippen molar-refractivity contribution in [3.05, 3.63) is 35.9 Å². The van der Waals surface area contributed by atoms with Gasteiger partial charge in [-0.3, -0.25) is 9.59 Å². The number of nitrogens with zero attached hydrogens (tertiary/aromatic N) is 1. The fourth-order valence-corrected chi connectivity index (χ4v) is 4.25. The van der Waals surface area contributed by atoms with Crippen LogP contribution in [-0.4, -0.2) is 52.2 Å². The number of ether oxygens (including phenoxy) is 1. The first-order chi connectivity index (χ1) is 13.1. The molecule has 3 atom stereocenters. The van der Waals surface area contributed by atoms with Gasteiger partial charge in [-0.2, -0.15) is 0 Å². The Labute approximate surface area is 165 Å². The van der Waals surface area contributed by atoms with Crippen molar-refractivity contribution in [3.63, 3.8) is 0 Å². The van der Waals surface area contributed by atoms with Gasteiger partial charge in [0.25, 0.3) is 0 Å². The van der Waals surface area contributed by atoms with Crippen LogP contribution in [0, 0.1) is 5.41 Å². The summed E-state index contributed by atoms with van der Waals surface area (Å²) in [4.78, 5) is 39.3. The molecule has 2 heterocycles. The van der Waals surface area contributed by atoms with E-state index < -0.39 is 23.1 Å². The van der Waals surface area contributed by atoms with Gasteiger partial charge >= 0.3 is 12.1 Å². The van der Waals surface area contributed by atoms with E-state index in [0.717, 1.165) is 5.56 Å². The Morgan fingerprint density at radius 2 is 1.96 bits per heavy atom. The summed E-state index contributed by atoms with van der Waals surface area (Å²) in [6.07, 6.45) is 1.19. The molecular weight excluding hydrogens is 360 g/mol. The van der Waals surface area contributed by atoms with E-state index in [0.29, 0.717) is 19.4 Å². The van der Waals surface area contributed by atoms with Crippen molar-refractivity contribution in [3.8, 4) is 0 Å². The number of fused-ring (bicyclic) bond motifs is 1. The Hall–Kier alpha value is -2.57. The molecule has 0 radical (unpaired) electrons. The molecule has 1 aromatic rings. The number of carbonyl (C=O) groups is 3. The first-order valence-corrected chi connectivity index (χ1v) is 9.70. The number of rotatable bonds is 4. The second-order valence-corrected chi connectivity index (χ2v) is 8.71. The molecule has 3 unspecified atom stereocenters. The maximum Gasteiger partial charge on any atom is 0.407 e. The highest BCUT2D eigenvalue weighted by Gasteiger charge is 2.59. The number of hydrogen-bond donors (Lipinski definition) is 2. The average Bonchev–Trinajstić information content (AvgIpc) is 2.89. The van der Waals surface area contributed by atoms with Crippen LogP contribution in [0.4, 0.5) is 4.79 Å². The molecule has 1 aromatic carbocycles. The summed E-state index contributed by atoms with van der Waals surface area (Å²) in [5.41, 5.74) is -1.30. The summed E-state index contributed by atoms with van der Waals surface area (Å²) in [6, 6.07) is 8.56. The minimum absolute atomic E-state index is 0.147. The minimum atomic E-state index is -1.50. The van der Waals surface area contributed by atoms with E-state index in [1.165, 1.54) is 0 Å². The number of nitrogens with one attached hydrogen (secondary N) is 1. The Balaban J connectivity index is 1.82. The predicted octanol–water partition coefficient (Wildman–Crippen LogP) is 2.59. The molecule has 152 valence electrons. The van der Waals surface area contributed by atoms with Crippen molar-refractivity contribution >= 4 is 18.0 Å². The number of carboxylic acids is 1. The van der Waals surface area contributed by atoms with Crippen LogP contribution in [-0.2, 0) is 20.7 Å². The summed E-state index contributed by atoms with van der Waals surface area (Å²) in [7, 11) is 0. The van der Waals surface area contributed by atoms with Crippen LogP contribution in [0.5, 0.6) is 0 Å². The van der Waals surface area contributed by atoms with Crippen molar-refractivity contribution in [2.24, 2.45) is 5.41 Å². The number of carboxylic acid groups (broad SMARTS) is 1. The number of aliphatic carboxylic acids is 1. The van der Waals surface area contributed by atoms with Crippen LogP contribution in [0.3, 0.4) is 0 Å². The molecule has 7 heteroatoms. The smallest absolute Gasteiger partial charge is 0.407 e. The monoisotopic (exact) mass is 388 g/mol. The van der Waals surface area contributed by atoms with E-state index >= 15 is 0 Å². The van der Waals surface area contributed by atoms with Crippen molar-refractivity contribution in [2.75, 3.05) is 6.54 Å². The fraction of sp³-hybridized carbons (Fsp3) is 0.571. The highest BCUT2D eigenvalue weighted by atomic mass is 16.6. The summed E-state index contributed by atoms with van der Waals surface area (Å²) < 4.78 is 5.34. The zero-order chi connectivity index (χ0) is 20.5. The fourth-order valence-electron chi connectivity index (χ4n) is 4.25. The number of hydrogen-bond acceptors (Lipinski definition) is 4. The van der Waals surface area contributed by atoms with E-state index in [-0.39, 0.29) is 30.8 Å². The van der Waals surface area contributed by atoms with Crippen molar-refractivity contribution in [1.29, 1.82) is 0 Å². The van der Waals surface area contributed by atoms with E-state index in [4.69, 9.17) is 4.74 Å².